The van der Waals surface area contributed by atoms with E-state index in [2.05, 4.69) is 10.2 Å². The van der Waals surface area contributed by atoms with E-state index in [-0.39, 0.29) is 18.4 Å². The van der Waals surface area contributed by atoms with E-state index in [0.29, 0.717) is 25.2 Å². The lowest BCUT2D eigenvalue weighted by Crippen LogP contribution is -2.49. The fourth-order valence-electron chi connectivity index (χ4n) is 3.20. The molecule has 6 nitrogen and oxygen atoms in total. The van der Waals surface area contributed by atoms with Gasteiger partial charge in [0.25, 0.3) is 5.91 Å². The summed E-state index contributed by atoms with van der Waals surface area (Å²) in [5.74, 6) is -0.0266. The van der Waals surface area contributed by atoms with Gasteiger partial charge < -0.3 is 15.3 Å². The number of carbonyl (C=O) groups excluding carboxylic acids is 2. The van der Waals surface area contributed by atoms with Crippen molar-refractivity contribution in [3.8, 4) is 0 Å². The summed E-state index contributed by atoms with van der Waals surface area (Å²) in [5, 5.41) is 11.8. The van der Waals surface area contributed by atoms with Gasteiger partial charge in [-0.15, -0.1) is 0 Å². The van der Waals surface area contributed by atoms with E-state index >= 15 is 0 Å². The number of piperazine rings is 1. The van der Waals surface area contributed by atoms with Crippen molar-refractivity contribution in [3.63, 3.8) is 0 Å². The number of anilines is 1. The van der Waals surface area contributed by atoms with Gasteiger partial charge in [-0.1, -0.05) is 0 Å². The predicted molar refractivity (Wildman–Crippen MR) is 87.5 cm³/mol. The van der Waals surface area contributed by atoms with Gasteiger partial charge in [0.05, 0.1) is 12.0 Å². The third-order valence-corrected chi connectivity index (χ3v) is 4.83. The highest BCUT2D eigenvalue weighted by molar-refractivity contribution is 6.07. The number of nitrogens with zero attached hydrogens (tertiary/aromatic N) is 2. The third kappa shape index (κ3) is 2.84. The van der Waals surface area contributed by atoms with Crippen LogP contribution in [0.15, 0.2) is 18.2 Å². The Morgan fingerprint density at radius 2 is 1.96 bits per heavy atom. The Labute approximate surface area is 136 Å². The monoisotopic (exact) mass is 317 g/mol. The van der Waals surface area contributed by atoms with Crippen molar-refractivity contribution in [1.29, 1.82) is 0 Å². The van der Waals surface area contributed by atoms with Gasteiger partial charge in [-0.2, -0.15) is 0 Å². The smallest absolute Gasteiger partial charge is 0.253 e. The number of β-amino-alcohol motifs (C(OH)–C–C–N with tert-alkyl or cyclic N) is 1. The van der Waals surface area contributed by atoms with Gasteiger partial charge in [0.1, 0.15) is 0 Å². The molecule has 2 N–H and O–H groups in total. The van der Waals surface area contributed by atoms with Crippen molar-refractivity contribution >= 4 is 17.5 Å². The molecule has 0 aromatic heterocycles. The summed E-state index contributed by atoms with van der Waals surface area (Å²) in [5.41, 5.74) is 1.70. The highest BCUT2D eigenvalue weighted by atomic mass is 16.3. The molecular weight excluding hydrogens is 294 g/mol. The van der Waals surface area contributed by atoms with Crippen molar-refractivity contribution in [1.82, 2.24) is 9.80 Å². The molecule has 3 rings (SSSR count). The number of hydrogen-bond acceptors (Lipinski definition) is 4. The van der Waals surface area contributed by atoms with Crippen LogP contribution in [0.5, 0.6) is 0 Å². The summed E-state index contributed by atoms with van der Waals surface area (Å²) in [6.45, 7) is 7.43. The largest absolute Gasteiger partial charge is 0.395 e. The maximum absolute atomic E-state index is 12.7. The highest BCUT2D eigenvalue weighted by Crippen LogP contribution is 2.37. The molecule has 0 saturated carbocycles. The first-order chi connectivity index (χ1) is 10.9. The van der Waals surface area contributed by atoms with Crippen LogP contribution in [0.3, 0.4) is 0 Å². The van der Waals surface area contributed by atoms with Crippen LogP contribution in [-0.4, -0.2) is 66.1 Å². The number of hydrogen-bond donors (Lipinski definition) is 2. The van der Waals surface area contributed by atoms with E-state index in [1.165, 1.54) is 0 Å². The van der Waals surface area contributed by atoms with Crippen molar-refractivity contribution < 1.29 is 14.7 Å². The van der Waals surface area contributed by atoms with Gasteiger partial charge in [0.2, 0.25) is 5.91 Å². The fourth-order valence-corrected chi connectivity index (χ4v) is 3.20. The van der Waals surface area contributed by atoms with Crippen LogP contribution in [0.4, 0.5) is 5.69 Å². The molecule has 2 aliphatic heterocycles. The molecule has 0 aliphatic carbocycles. The van der Waals surface area contributed by atoms with Gasteiger partial charge in [0, 0.05) is 44.0 Å². The SMILES string of the molecule is CC1(C)C(=O)Nc2ccc(C(=O)N3CCN(CCO)CC3)cc21. The highest BCUT2D eigenvalue weighted by Gasteiger charge is 2.38. The first-order valence-electron chi connectivity index (χ1n) is 8.02. The lowest BCUT2D eigenvalue weighted by molar-refractivity contribution is -0.119. The molecule has 0 radical (unpaired) electrons. The molecule has 23 heavy (non-hydrogen) atoms. The van der Waals surface area contributed by atoms with Crippen molar-refractivity contribution in [2.24, 2.45) is 0 Å². The molecule has 2 aliphatic rings. The maximum atomic E-state index is 12.7. The minimum Gasteiger partial charge on any atom is -0.395 e. The molecule has 0 unspecified atom stereocenters. The number of aliphatic hydroxyl groups is 1. The Hall–Kier alpha value is -1.92. The van der Waals surface area contributed by atoms with E-state index in [9.17, 15) is 9.59 Å². The molecule has 0 spiro atoms. The van der Waals surface area contributed by atoms with Crippen LogP contribution in [-0.2, 0) is 10.2 Å². The molecule has 0 bridgehead atoms. The third-order valence-electron chi connectivity index (χ3n) is 4.83. The second-order valence-electron chi connectivity index (χ2n) is 6.70. The number of amides is 2. The zero-order valence-electron chi connectivity index (χ0n) is 13.6. The molecule has 2 amide bonds. The topological polar surface area (TPSA) is 72.9 Å². The molecule has 1 aromatic rings. The zero-order chi connectivity index (χ0) is 16.6. The van der Waals surface area contributed by atoms with E-state index in [1.807, 2.05) is 30.9 Å². The van der Waals surface area contributed by atoms with Crippen LogP contribution in [0.2, 0.25) is 0 Å². The first-order valence-corrected chi connectivity index (χ1v) is 8.02. The first kappa shape index (κ1) is 16.0. The van der Waals surface area contributed by atoms with Crippen LogP contribution < -0.4 is 5.32 Å². The summed E-state index contributed by atoms with van der Waals surface area (Å²) < 4.78 is 0. The van der Waals surface area contributed by atoms with Gasteiger partial charge in [-0.05, 0) is 37.6 Å². The average Bonchev–Trinajstić information content (AvgIpc) is 2.77. The van der Waals surface area contributed by atoms with E-state index < -0.39 is 5.41 Å². The molecule has 124 valence electrons. The standard InChI is InChI=1S/C17H23N3O3/c1-17(2)13-11-12(3-4-14(13)18-16(17)23)15(22)20-7-5-19(6-8-20)9-10-21/h3-4,11,21H,5-10H2,1-2H3,(H,18,23). The Bertz CT molecular complexity index is 634. The number of rotatable bonds is 3. The molecule has 6 heteroatoms. The summed E-state index contributed by atoms with van der Waals surface area (Å²) >= 11 is 0. The van der Waals surface area contributed by atoms with E-state index in [1.54, 1.807) is 6.07 Å². The quantitative estimate of drug-likeness (QED) is 0.859. The lowest BCUT2D eigenvalue weighted by Gasteiger charge is -2.34. The van der Waals surface area contributed by atoms with E-state index in [4.69, 9.17) is 5.11 Å². The zero-order valence-corrected chi connectivity index (χ0v) is 13.6. The average molecular weight is 317 g/mol. The number of benzene rings is 1. The predicted octanol–water partition coefficient (Wildman–Crippen LogP) is 0.666. The summed E-state index contributed by atoms with van der Waals surface area (Å²) in [4.78, 5) is 28.7. The Morgan fingerprint density at radius 1 is 1.26 bits per heavy atom. The summed E-state index contributed by atoms with van der Waals surface area (Å²) in [6, 6.07) is 5.44. The second-order valence-corrected chi connectivity index (χ2v) is 6.70. The second kappa shape index (κ2) is 5.94. The Balaban J connectivity index is 1.75. The Kier molecular flexibility index (Phi) is 4.12. The molecule has 2 heterocycles. The van der Waals surface area contributed by atoms with Crippen molar-refractivity contribution in [3.05, 3.63) is 29.3 Å². The van der Waals surface area contributed by atoms with Gasteiger partial charge in [-0.3, -0.25) is 14.5 Å². The van der Waals surface area contributed by atoms with Crippen LogP contribution >= 0.6 is 0 Å². The Morgan fingerprint density at radius 3 is 2.61 bits per heavy atom. The summed E-state index contributed by atoms with van der Waals surface area (Å²) in [6.07, 6.45) is 0. The van der Waals surface area contributed by atoms with Crippen LogP contribution in [0.25, 0.3) is 0 Å². The molecule has 1 aromatic carbocycles. The van der Waals surface area contributed by atoms with Crippen LogP contribution in [0.1, 0.15) is 29.8 Å². The summed E-state index contributed by atoms with van der Waals surface area (Å²) in [7, 11) is 0. The molecule has 1 fully saturated rings. The van der Waals surface area contributed by atoms with Crippen molar-refractivity contribution in [2.75, 3.05) is 44.6 Å². The number of fused-ring (bicyclic) bond motifs is 1. The minimum atomic E-state index is -0.606. The fraction of sp³-hybridized carbons (Fsp3) is 0.529. The minimum absolute atomic E-state index is 0.00611. The van der Waals surface area contributed by atoms with Gasteiger partial charge in [0.15, 0.2) is 0 Å². The van der Waals surface area contributed by atoms with Gasteiger partial charge >= 0.3 is 0 Å². The number of nitrogens with one attached hydrogen (secondary N) is 1. The number of aliphatic hydroxyl groups excluding tert-OH is 1. The molecule has 0 atom stereocenters. The number of carbonyl (C=O) groups is 2. The molecular formula is C17H23N3O3. The normalized spacial score (nSPS) is 20.3. The van der Waals surface area contributed by atoms with Crippen molar-refractivity contribution in [2.45, 2.75) is 19.3 Å². The maximum Gasteiger partial charge on any atom is 0.253 e. The van der Waals surface area contributed by atoms with Gasteiger partial charge in [-0.25, -0.2) is 0 Å². The lowest BCUT2D eigenvalue weighted by atomic mass is 9.85. The van der Waals surface area contributed by atoms with E-state index in [0.717, 1.165) is 24.3 Å². The van der Waals surface area contributed by atoms with Crippen LogP contribution in [0, 0.1) is 0 Å². The molecule has 1 saturated heterocycles.